The molecule has 1 nitrogen and oxygen atoms in total. The summed E-state index contributed by atoms with van der Waals surface area (Å²) >= 11 is 0. The minimum atomic E-state index is 0.160. The molecule has 6 aliphatic rings. The van der Waals surface area contributed by atoms with Gasteiger partial charge >= 0.3 is 0 Å². The zero-order valence-electron chi connectivity index (χ0n) is 26.6. The van der Waals surface area contributed by atoms with Gasteiger partial charge in [-0.3, -0.25) is 0 Å². The van der Waals surface area contributed by atoms with Crippen LogP contribution in [0.3, 0.4) is 0 Å². The Hall–Kier alpha value is -4.10. The molecule has 226 valence electrons. The molecule has 46 heavy (non-hydrogen) atoms. The Morgan fingerprint density at radius 3 is 1.93 bits per heavy atom. The molecule has 11 rings (SSSR count). The molecule has 5 aromatic rings. The molecule has 0 heterocycles. The molecular weight excluding hydrogens is 555 g/mol. The summed E-state index contributed by atoms with van der Waals surface area (Å²) in [7, 11) is 0. The van der Waals surface area contributed by atoms with E-state index in [1.54, 1.807) is 22.3 Å². The van der Waals surface area contributed by atoms with Crippen molar-refractivity contribution in [3.05, 3.63) is 138 Å². The summed E-state index contributed by atoms with van der Waals surface area (Å²) in [5, 5.41) is 0. The van der Waals surface area contributed by atoms with E-state index in [1.807, 2.05) is 0 Å². The second-order valence-electron chi connectivity index (χ2n) is 15.6. The van der Waals surface area contributed by atoms with Gasteiger partial charge in [-0.15, -0.1) is 0 Å². The average molecular weight is 596 g/mol. The molecule has 0 radical (unpaired) electrons. The van der Waals surface area contributed by atoms with Gasteiger partial charge in [0.1, 0.15) is 0 Å². The van der Waals surface area contributed by atoms with Crippen LogP contribution in [0.15, 0.2) is 115 Å². The predicted octanol–water partition coefficient (Wildman–Crippen LogP) is 11.7. The Bertz CT molecular complexity index is 2020. The van der Waals surface area contributed by atoms with Gasteiger partial charge in [-0.25, -0.2) is 0 Å². The first-order valence-corrected chi connectivity index (χ1v) is 18.1. The van der Waals surface area contributed by atoms with Crippen LogP contribution in [0.2, 0.25) is 0 Å². The monoisotopic (exact) mass is 595 g/mol. The van der Waals surface area contributed by atoms with E-state index in [1.165, 1.54) is 97.1 Å². The van der Waals surface area contributed by atoms with Crippen molar-refractivity contribution in [3.8, 4) is 22.3 Å². The molecule has 2 spiro atoms. The average Bonchev–Trinajstić information content (AvgIpc) is 3.85. The second kappa shape index (κ2) is 9.25. The maximum absolute atomic E-state index is 2.58. The van der Waals surface area contributed by atoms with Gasteiger partial charge in [0.25, 0.3) is 0 Å². The zero-order chi connectivity index (χ0) is 30.0. The van der Waals surface area contributed by atoms with Crippen LogP contribution in [0.4, 0.5) is 17.1 Å². The number of para-hydroxylation sites is 1. The van der Waals surface area contributed by atoms with Crippen LogP contribution in [-0.2, 0) is 10.8 Å². The summed E-state index contributed by atoms with van der Waals surface area (Å²) in [5.41, 5.74) is 16.4. The fraction of sp³-hybridized carbons (Fsp3) is 0.333. The Labute approximate surface area is 273 Å². The number of fused-ring (bicyclic) bond motifs is 14. The SMILES string of the molecule is c1ccc(N(c2ccc3c(c2)-c2ccccc2C32C3CCC4CC2CC4C3)c2ccc3c(c2)C2(CCCC2)c2ccccc2-3)cc1. The minimum absolute atomic E-state index is 0.160. The van der Waals surface area contributed by atoms with Gasteiger partial charge in [0.2, 0.25) is 0 Å². The fourth-order valence-corrected chi connectivity index (χ4v) is 12.4. The third kappa shape index (κ3) is 3.17. The summed E-state index contributed by atoms with van der Waals surface area (Å²) in [6, 6.07) is 44.9. The maximum Gasteiger partial charge on any atom is 0.0468 e. The third-order valence-electron chi connectivity index (χ3n) is 14.0. The second-order valence-corrected chi connectivity index (χ2v) is 15.6. The van der Waals surface area contributed by atoms with Crippen LogP contribution in [0, 0.1) is 23.7 Å². The molecule has 0 saturated heterocycles. The lowest BCUT2D eigenvalue weighted by Gasteiger charge is -2.49. The predicted molar refractivity (Wildman–Crippen MR) is 189 cm³/mol. The molecule has 0 N–H and O–H groups in total. The van der Waals surface area contributed by atoms with Crippen LogP contribution in [-0.4, -0.2) is 0 Å². The first-order chi connectivity index (χ1) is 22.8. The van der Waals surface area contributed by atoms with Crippen LogP contribution >= 0.6 is 0 Å². The lowest BCUT2D eigenvalue weighted by molar-refractivity contribution is 0.106. The smallest absolute Gasteiger partial charge is 0.0468 e. The van der Waals surface area contributed by atoms with Crippen molar-refractivity contribution in [2.75, 3.05) is 4.90 Å². The molecule has 1 heteroatoms. The Morgan fingerprint density at radius 2 is 1.09 bits per heavy atom. The molecule has 5 unspecified atom stereocenters. The van der Waals surface area contributed by atoms with Crippen molar-refractivity contribution in [2.24, 2.45) is 23.7 Å². The molecular formula is C45H41N. The third-order valence-corrected chi connectivity index (χ3v) is 14.0. The summed E-state index contributed by atoms with van der Waals surface area (Å²) in [6.45, 7) is 0. The Balaban J connectivity index is 1.10. The molecule has 0 amide bonds. The van der Waals surface area contributed by atoms with Crippen molar-refractivity contribution in [1.29, 1.82) is 0 Å². The number of benzene rings is 5. The Morgan fingerprint density at radius 1 is 0.457 bits per heavy atom. The highest BCUT2D eigenvalue weighted by atomic mass is 15.1. The van der Waals surface area contributed by atoms with Gasteiger partial charge in [0, 0.05) is 27.9 Å². The van der Waals surface area contributed by atoms with Crippen molar-refractivity contribution >= 4 is 17.1 Å². The van der Waals surface area contributed by atoms with Crippen molar-refractivity contribution in [3.63, 3.8) is 0 Å². The van der Waals surface area contributed by atoms with Crippen molar-refractivity contribution < 1.29 is 0 Å². The van der Waals surface area contributed by atoms with Crippen LogP contribution in [0.25, 0.3) is 22.3 Å². The number of rotatable bonds is 3. The number of hydrogen-bond acceptors (Lipinski definition) is 1. The summed E-state index contributed by atoms with van der Waals surface area (Å²) in [5.74, 6) is 3.53. The van der Waals surface area contributed by atoms with Crippen LogP contribution in [0.1, 0.15) is 80.0 Å². The molecule has 0 aromatic heterocycles. The first-order valence-electron chi connectivity index (χ1n) is 18.1. The zero-order valence-corrected chi connectivity index (χ0v) is 26.6. The van der Waals surface area contributed by atoms with Gasteiger partial charge in [-0.2, -0.15) is 0 Å². The molecule has 5 atom stereocenters. The van der Waals surface area contributed by atoms with E-state index in [9.17, 15) is 0 Å². The molecule has 0 aliphatic heterocycles. The van der Waals surface area contributed by atoms with Gasteiger partial charge in [0.15, 0.2) is 0 Å². The van der Waals surface area contributed by atoms with Crippen LogP contribution in [0.5, 0.6) is 0 Å². The standard InChI is InChI=1S/C45H41N/c1-2-10-33(11-3-1)46(35-18-20-38-36-12-4-6-14-40(36)44(43(38)28-35)22-8-9-23-44)34-19-21-42-39(27-34)37-13-5-7-15-41(37)45(42)31-17-16-29-24-32(45)26-30(29)25-31/h1-7,10-15,18-21,27-32H,8-9,16-17,22-26H2. The van der Waals surface area contributed by atoms with E-state index in [0.29, 0.717) is 0 Å². The normalized spacial score (nSPS) is 28.3. The quantitative estimate of drug-likeness (QED) is 0.201. The lowest BCUT2D eigenvalue weighted by Crippen LogP contribution is -2.45. The topological polar surface area (TPSA) is 3.24 Å². The van der Waals surface area contributed by atoms with E-state index >= 15 is 0 Å². The lowest BCUT2D eigenvalue weighted by atomic mass is 9.54. The minimum Gasteiger partial charge on any atom is -0.310 e. The van der Waals surface area contributed by atoms with E-state index < -0.39 is 0 Å². The fourth-order valence-electron chi connectivity index (χ4n) is 12.4. The van der Waals surface area contributed by atoms with Gasteiger partial charge in [-0.1, -0.05) is 91.7 Å². The summed E-state index contributed by atoms with van der Waals surface area (Å²) < 4.78 is 0. The Kier molecular flexibility index (Phi) is 5.23. The van der Waals surface area contributed by atoms with Gasteiger partial charge in [0.05, 0.1) is 0 Å². The first kappa shape index (κ1) is 26.0. The molecule has 4 saturated carbocycles. The van der Waals surface area contributed by atoms with E-state index in [-0.39, 0.29) is 10.8 Å². The van der Waals surface area contributed by atoms with Gasteiger partial charge < -0.3 is 4.90 Å². The summed E-state index contributed by atoms with van der Waals surface area (Å²) in [6.07, 6.45) is 12.3. The molecule has 6 aliphatic carbocycles. The van der Waals surface area contributed by atoms with Crippen LogP contribution < -0.4 is 4.90 Å². The largest absolute Gasteiger partial charge is 0.310 e. The van der Waals surface area contributed by atoms with Crippen molar-refractivity contribution in [2.45, 2.75) is 68.6 Å². The van der Waals surface area contributed by atoms with E-state index in [0.717, 1.165) is 23.7 Å². The number of nitrogens with zero attached hydrogens (tertiary/aromatic N) is 1. The summed E-state index contributed by atoms with van der Waals surface area (Å²) in [4.78, 5) is 2.54. The number of hydrogen-bond donors (Lipinski definition) is 0. The molecule has 3 bridgehead atoms. The van der Waals surface area contributed by atoms with E-state index in [2.05, 4.69) is 120 Å². The number of anilines is 3. The molecule has 4 fully saturated rings. The van der Waals surface area contributed by atoms with Gasteiger partial charge in [-0.05, 0) is 150 Å². The highest BCUT2D eigenvalue weighted by Gasteiger charge is 2.62. The highest BCUT2D eigenvalue weighted by Crippen LogP contribution is 2.70. The highest BCUT2D eigenvalue weighted by molar-refractivity contribution is 5.89. The maximum atomic E-state index is 2.58. The molecule has 5 aromatic carbocycles. The van der Waals surface area contributed by atoms with Crippen molar-refractivity contribution in [1.82, 2.24) is 0 Å². The van der Waals surface area contributed by atoms with E-state index in [4.69, 9.17) is 0 Å².